The third-order valence-electron chi connectivity index (χ3n) is 4.66. The predicted octanol–water partition coefficient (Wildman–Crippen LogP) is 2.52. The Kier molecular flexibility index (Phi) is 7.04. The molecule has 0 saturated heterocycles. The van der Waals surface area contributed by atoms with Gasteiger partial charge in [-0.05, 0) is 23.3 Å². The number of benzene rings is 2. The fourth-order valence-electron chi connectivity index (χ4n) is 3.13. The highest BCUT2D eigenvalue weighted by atomic mass is 32.2. The van der Waals surface area contributed by atoms with Gasteiger partial charge in [-0.15, -0.1) is 0 Å². The zero-order valence-electron chi connectivity index (χ0n) is 15.9. The molecule has 148 valence electrons. The van der Waals surface area contributed by atoms with Gasteiger partial charge < -0.3 is 5.32 Å². The number of thioether (sulfide) groups is 1. The summed E-state index contributed by atoms with van der Waals surface area (Å²) in [5.41, 5.74) is 2.91. The third-order valence-corrected chi connectivity index (χ3v) is 5.67. The second-order valence-corrected chi connectivity index (χ2v) is 7.71. The van der Waals surface area contributed by atoms with Gasteiger partial charge in [0, 0.05) is 36.6 Å². The van der Waals surface area contributed by atoms with E-state index in [-0.39, 0.29) is 37.1 Å². The SMILES string of the molecule is N#Cc1ccccc1CSCCNC(=O)CCN1C(=O)Cc2ccccc2C1=O. The summed E-state index contributed by atoms with van der Waals surface area (Å²) in [7, 11) is 0. The van der Waals surface area contributed by atoms with Crippen LogP contribution in [0.25, 0.3) is 0 Å². The van der Waals surface area contributed by atoms with Crippen LogP contribution in [0.1, 0.15) is 33.5 Å². The first-order chi connectivity index (χ1) is 14.1. The zero-order valence-corrected chi connectivity index (χ0v) is 16.7. The maximum atomic E-state index is 12.5. The molecule has 0 radical (unpaired) electrons. The Balaban J connectivity index is 1.39. The summed E-state index contributed by atoms with van der Waals surface area (Å²) in [6.07, 6.45) is 0.270. The average Bonchev–Trinajstić information content (AvgIpc) is 2.73. The Hall–Kier alpha value is -3.11. The number of hydrogen-bond donors (Lipinski definition) is 1. The van der Waals surface area contributed by atoms with Gasteiger partial charge in [-0.25, -0.2) is 0 Å². The first-order valence-corrected chi connectivity index (χ1v) is 10.5. The van der Waals surface area contributed by atoms with Crippen molar-refractivity contribution in [2.75, 3.05) is 18.8 Å². The number of fused-ring (bicyclic) bond motifs is 1. The van der Waals surface area contributed by atoms with E-state index in [1.165, 1.54) is 0 Å². The predicted molar refractivity (Wildman–Crippen MR) is 111 cm³/mol. The van der Waals surface area contributed by atoms with E-state index in [1.807, 2.05) is 18.2 Å². The molecule has 0 aliphatic carbocycles. The van der Waals surface area contributed by atoms with E-state index in [4.69, 9.17) is 5.26 Å². The second-order valence-electron chi connectivity index (χ2n) is 6.61. The molecule has 3 rings (SSSR count). The van der Waals surface area contributed by atoms with E-state index in [2.05, 4.69) is 11.4 Å². The molecule has 1 heterocycles. The van der Waals surface area contributed by atoms with Crippen molar-refractivity contribution in [3.05, 3.63) is 70.8 Å². The largest absolute Gasteiger partial charge is 0.355 e. The van der Waals surface area contributed by atoms with Crippen molar-refractivity contribution in [2.45, 2.75) is 18.6 Å². The molecular formula is C22H21N3O3S. The Morgan fingerprint density at radius 3 is 2.72 bits per heavy atom. The Labute approximate surface area is 173 Å². The van der Waals surface area contributed by atoms with Crippen molar-refractivity contribution in [3.8, 4) is 6.07 Å². The van der Waals surface area contributed by atoms with Crippen LogP contribution in [0.15, 0.2) is 48.5 Å². The number of carbonyl (C=O) groups is 3. The lowest BCUT2D eigenvalue weighted by atomic mass is 9.98. The van der Waals surface area contributed by atoms with Crippen LogP contribution in [0, 0.1) is 11.3 Å². The van der Waals surface area contributed by atoms with Crippen molar-refractivity contribution in [1.29, 1.82) is 5.26 Å². The summed E-state index contributed by atoms with van der Waals surface area (Å²) < 4.78 is 0. The van der Waals surface area contributed by atoms with Crippen LogP contribution < -0.4 is 5.32 Å². The van der Waals surface area contributed by atoms with Crippen LogP contribution in [-0.2, 0) is 21.8 Å². The fourth-order valence-corrected chi connectivity index (χ4v) is 3.99. The molecule has 2 aromatic rings. The van der Waals surface area contributed by atoms with E-state index in [0.717, 1.165) is 16.0 Å². The minimum Gasteiger partial charge on any atom is -0.355 e. The topological polar surface area (TPSA) is 90.3 Å². The molecule has 1 N–H and O–H groups in total. The first kappa shape index (κ1) is 20.6. The number of hydrogen-bond acceptors (Lipinski definition) is 5. The molecular weight excluding hydrogens is 386 g/mol. The first-order valence-electron chi connectivity index (χ1n) is 9.35. The number of nitrogens with zero attached hydrogens (tertiary/aromatic N) is 2. The van der Waals surface area contributed by atoms with Crippen molar-refractivity contribution in [3.63, 3.8) is 0 Å². The lowest BCUT2D eigenvalue weighted by Crippen LogP contribution is -2.44. The molecule has 3 amide bonds. The van der Waals surface area contributed by atoms with Gasteiger partial charge in [-0.1, -0.05) is 36.4 Å². The number of nitriles is 1. The summed E-state index contributed by atoms with van der Waals surface area (Å²) in [5.74, 6) is 0.614. The highest BCUT2D eigenvalue weighted by molar-refractivity contribution is 7.98. The molecule has 0 unspecified atom stereocenters. The number of carbonyl (C=O) groups excluding carboxylic acids is 3. The number of nitrogens with one attached hydrogen (secondary N) is 1. The maximum Gasteiger partial charge on any atom is 0.260 e. The molecule has 1 aliphatic heterocycles. The molecule has 2 aromatic carbocycles. The number of amides is 3. The Morgan fingerprint density at radius 2 is 1.90 bits per heavy atom. The van der Waals surface area contributed by atoms with Crippen LogP contribution in [-0.4, -0.2) is 41.5 Å². The molecule has 7 heteroatoms. The van der Waals surface area contributed by atoms with Crippen molar-refractivity contribution < 1.29 is 14.4 Å². The lowest BCUT2D eigenvalue weighted by molar-refractivity contribution is -0.129. The van der Waals surface area contributed by atoms with E-state index in [9.17, 15) is 14.4 Å². The van der Waals surface area contributed by atoms with Gasteiger partial charge >= 0.3 is 0 Å². The van der Waals surface area contributed by atoms with Crippen molar-refractivity contribution in [1.82, 2.24) is 10.2 Å². The van der Waals surface area contributed by atoms with Crippen molar-refractivity contribution in [2.24, 2.45) is 0 Å². The molecule has 0 fully saturated rings. The standard InChI is InChI=1S/C22H21N3O3S/c23-14-17-6-1-2-7-18(17)15-29-12-10-24-20(26)9-11-25-21(27)13-16-5-3-4-8-19(16)22(25)28/h1-8H,9-13,15H2,(H,24,26). The summed E-state index contributed by atoms with van der Waals surface area (Å²) >= 11 is 1.63. The quantitative estimate of drug-likeness (QED) is 0.536. The highest BCUT2D eigenvalue weighted by Crippen LogP contribution is 2.19. The Morgan fingerprint density at radius 1 is 1.14 bits per heavy atom. The minimum atomic E-state index is -0.337. The van der Waals surface area contributed by atoms with Crippen LogP contribution >= 0.6 is 11.8 Å². The minimum absolute atomic E-state index is 0.0839. The van der Waals surface area contributed by atoms with E-state index in [1.54, 1.807) is 42.1 Å². The molecule has 6 nitrogen and oxygen atoms in total. The maximum absolute atomic E-state index is 12.5. The van der Waals surface area contributed by atoms with Gasteiger partial charge in [0.2, 0.25) is 11.8 Å². The average molecular weight is 407 g/mol. The van der Waals surface area contributed by atoms with E-state index >= 15 is 0 Å². The lowest BCUT2D eigenvalue weighted by Gasteiger charge is -2.26. The molecule has 0 bridgehead atoms. The number of rotatable bonds is 8. The normalized spacial score (nSPS) is 13.0. The van der Waals surface area contributed by atoms with Gasteiger partial charge in [0.05, 0.1) is 18.1 Å². The molecule has 0 saturated carbocycles. The van der Waals surface area contributed by atoms with Gasteiger partial charge in [0.1, 0.15) is 0 Å². The molecule has 1 aliphatic rings. The molecule has 0 spiro atoms. The smallest absolute Gasteiger partial charge is 0.260 e. The van der Waals surface area contributed by atoms with Crippen LogP contribution in [0.5, 0.6) is 0 Å². The van der Waals surface area contributed by atoms with Crippen LogP contribution in [0.3, 0.4) is 0 Å². The van der Waals surface area contributed by atoms with E-state index in [0.29, 0.717) is 29.2 Å². The van der Waals surface area contributed by atoms with Gasteiger partial charge in [-0.2, -0.15) is 17.0 Å². The fraction of sp³-hybridized carbons (Fsp3) is 0.273. The molecule has 29 heavy (non-hydrogen) atoms. The summed E-state index contributed by atoms with van der Waals surface area (Å²) in [6.45, 7) is 0.573. The Bertz CT molecular complexity index is 968. The second kappa shape index (κ2) is 9.89. The number of imide groups is 1. The monoisotopic (exact) mass is 407 g/mol. The van der Waals surface area contributed by atoms with Gasteiger partial charge in [-0.3, -0.25) is 19.3 Å². The van der Waals surface area contributed by atoms with E-state index < -0.39 is 0 Å². The van der Waals surface area contributed by atoms with Crippen LogP contribution in [0.4, 0.5) is 0 Å². The summed E-state index contributed by atoms with van der Waals surface area (Å²) in [6, 6.07) is 16.7. The van der Waals surface area contributed by atoms with Gasteiger partial charge in [0.15, 0.2) is 0 Å². The van der Waals surface area contributed by atoms with Crippen molar-refractivity contribution >= 4 is 29.5 Å². The molecule has 0 aromatic heterocycles. The highest BCUT2D eigenvalue weighted by Gasteiger charge is 2.30. The van der Waals surface area contributed by atoms with Crippen LogP contribution in [0.2, 0.25) is 0 Å². The molecule has 0 atom stereocenters. The summed E-state index contributed by atoms with van der Waals surface area (Å²) in [5, 5.41) is 11.9. The third kappa shape index (κ3) is 5.24. The zero-order chi connectivity index (χ0) is 20.6. The van der Waals surface area contributed by atoms with Gasteiger partial charge in [0.25, 0.3) is 5.91 Å². The summed E-state index contributed by atoms with van der Waals surface area (Å²) in [4.78, 5) is 37.9.